The number of rotatable bonds is 2. The lowest BCUT2D eigenvalue weighted by atomic mass is 10.00. The minimum Gasteiger partial charge on any atom is -0.314 e. The number of nitrogens with zero attached hydrogens (tertiary/aromatic N) is 1. The van der Waals surface area contributed by atoms with Crippen LogP contribution < -0.4 is 5.32 Å². The van der Waals surface area contributed by atoms with Crippen molar-refractivity contribution in [1.82, 2.24) is 10.2 Å². The molecule has 2 unspecified atom stereocenters. The molecule has 1 N–H and O–H groups in total. The van der Waals surface area contributed by atoms with Gasteiger partial charge in [-0.15, -0.1) is 0 Å². The molecule has 0 aromatic rings. The Morgan fingerprint density at radius 3 is 2.73 bits per heavy atom. The fourth-order valence-corrected chi connectivity index (χ4v) is 2.06. The molecule has 2 aliphatic rings. The molecule has 0 radical (unpaired) electrons. The SMILES string of the molecule is CC1NCCC1CN1CCC1. The zero-order chi connectivity index (χ0) is 7.68. The Kier molecular flexibility index (Phi) is 2.14. The second kappa shape index (κ2) is 3.11. The summed E-state index contributed by atoms with van der Waals surface area (Å²) in [6.45, 7) is 7.59. The summed E-state index contributed by atoms with van der Waals surface area (Å²) in [7, 11) is 0. The minimum absolute atomic E-state index is 0.760. The van der Waals surface area contributed by atoms with Gasteiger partial charge in [0.1, 0.15) is 0 Å². The second-order valence-corrected chi connectivity index (χ2v) is 3.95. The molecular weight excluding hydrogens is 136 g/mol. The molecule has 2 heterocycles. The van der Waals surface area contributed by atoms with Crippen LogP contribution in [0.3, 0.4) is 0 Å². The Labute approximate surface area is 69.0 Å². The zero-order valence-corrected chi connectivity index (χ0v) is 7.34. The molecule has 2 aliphatic heterocycles. The van der Waals surface area contributed by atoms with E-state index >= 15 is 0 Å². The molecule has 0 spiro atoms. The molecule has 0 amide bonds. The lowest BCUT2D eigenvalue weighted by Gasteiger charge is -2.33. The van der Waals surface area contributed by atoms with E-state index in [1.54, 1.807) is 0 Å². The third kappa shape index (κ3) is 1.57. The van der Waals surface area contributed by atoms with Gasteiger partial charge >= 0.3 is 0 Å². The summed E-state index contributed by atoms with van der Waals surface area (Å²) in [6, 6.07) is 0.760. The fourth-order valence-electron chi connectivity index (χ4n) is 2.06. The number of hydrogen-bond acceptors (Lipinski definition) is 2. The van der Waals surface area contributed by atoms with Gasteiger partial charge in [0.05, 0.1) is 0 Å². The van der Waals surface area contributed by atoms with Crippen LogP contribution in [0.2, 0.25) is 0 Å². The van der Waals surface area contributed by atoms with E-state index in [-0.39, 0.29) is 0 Å². The Hall–Kier alpha value is -0.0800. The molecule has 0 aromatic carbocycles. The highest BCUT2D eigenvalue weighted by atomic mass is 15.2. The molecule has 2 heteroatoms. The van der Waals surface area contributed by atoms with E-state index in [1.807, 2.05) is 0 Å². The van der Waals surface area contributed by atoms with Gasteiger partial charge in [-0.3, -0.25) is 0 Å². The first kappa shape index (κ1) is 7.56. The van der Waals surface area contributed by atoms with Gasteiger partial charge in [-0.2, -0.15) is 0 Å². The topological polar surface area (TPSA) is 15.3 Å². The molecule has 0 aromatic heterocycles. The van der Waals surface area contributed by atoms with E-state index in [1.165, 1.54) is 39.0 Å². The highest BCUT2D eigenvalue weighted by Crippen LogP contribution is 2.19. The van der Waals surface area contributed by atoms with Crippen LogP contribution in [0.25, 0.3) is 0 Å². The monoisotopic (exact) mass is 154 g/mol. The summed E-state index contributed by atoms with van der Waals surface area (Å²) in [5.41, 5.74) is 0. The maximum absolute atomic E-state index is 3.50. The molecule has 64 valence electrons. The number of nitrogens with one attached hydrogen (secondary N) is 1. The van der Waals surface area contributed by atoms with Gasteiger partial charge in [-0.25, -0.2) is 0 Å². The molecule has 2 rings (SSSR count). The van der Waals surface area contributed by atoms with Gasteiger partial charge in [0.2, 0.25) is 0 Å². The molecule has 0 bridgehead atoms. The summed E-state index contributed by atoms with van der Waals surface area (Å²) in [5.74, 6) is 0.926. The summed E-state index contributed by atoms with van der Waals surface area (Å²) in [5, 5.41) is 3.50. The molecule has 0 aliphatic carbocycles. The maximum atomic E-state index is 3.50. The normalized spacial score (nSPS) is 39.0. The van der Waals surface area contributed by atoms with Crippen LogP contribution in [0.5, 0.6) is 0 Å². The first-order valence-corrected chi connectivity index (χ1v) is 4.82. The van der Waals surface area contributed by atoms with Crippen LogP contribution in [0.15, 0.2) is 0 Å². The van der Waals surface area contributed by atoms with E-state index in [2.05, 4.69) is 17.1 Å². The second-order valence-electron chi connectivity index (χ2n) is 3.95. The van der Waals surface area contributed by atoms with Gasteiger partial charge in [0, 0.05) is 12.6 Å². The van der Waals surface area contributed by atoms with Gasteiger partial charge < -0.3 is 10.2 Å². The quantitative estimate of drug-likeness (QED) is 0.629. The van der Waals surface area contributed by atoms with Crippen molar-refractivity contribution in [1.29, 1.82) is 0 Å². The van der Waals surface area contributed by atoms with Crippen LogP contribution in [-0.4, -0.2) is 37.1 Å². The van der Waals surface area contributed by atoms with E-state index < -0.39 is 0 Å². The Bertz CT molecular complexity index is 132. The predicted molar refractivity (Wildman–Crippen MR) is 46.6 cm³/mol. The summed E-state index contributed by atoms with van der Waals surface area (Å²) >= 11 is 0. The molecule has 2 atom stereocenters. The van der Waals surface area contributed by atoms with Gasteiger partial charge in [-0.1, -0.05) is 0 Å². The van der Waals surface area contributed by atoms with Gasteiger partial charge in [-0.05, 0) is 45.3 Å². The first-order valence-electron chi connectivity index (χ1n) is 4.82. The van der Waals surface area contributed by atoms with Crippen LogP contribution in [0.1, 0.15) is 19.8 Å². The highest BCUT2D eigenvalue weighted by Gasteiger charge is 2.26. The summed E-state index contributed by atoms with van der Waals surface area (Å²) in [6.07, 6.45) is 2.81. The fraction of sp³-hybridized carbons (Fsp3) is 1.00. The van der Waals surface area contributed by atoms with E-state index in [4.69, 9.17) is 0 Å². The maximum Gasteiger partial charge on any atom is 0.00796 e. The van der Waals surface area contributed by atoms with Crippen LogP contribution in [0.4, 0.5) is 0 Å². The third-order valence-electron chi connectivity index (χ3n) is 3.13. The Balaban J connectivity index is 1.75. The molecule has 2 fully saturated rings. The summed E-state index contributed by atoms with van der Waals surface area (Å²) < 4.78 is 0. The molecule has 0 saturated carbocycles. The largest absolute Gasteiger partial charge is 0.314 e. The van der Waals surface area contributed by atoms with Crippen molar-refractivity contribution in [3.05, 3.63) is 0 Å². The van der Waals surface area contributed by atoms with Crippen LogP contribution in [-0.2, 0) is 0 Å². The molecule has 11 heavy (non-hydrogen) atoms. The Morgan fingerprint density at radius 1 is 1.45 bits per heavy atom. The molecule has 2 saturated heterocycles. The summed E-state index contributed by atoms with van der Waals surface area (Å²) in [4.78, 5) is 2.58. The Morgan fingerprint density at radius 2 is 2.27 bits per heavy atom. The number of hydrogen-bond donors (Lipinski definition) is 1. The van der Waals surface area contributed by atoms with Gasteiger partial charge in [0.25, 0.3) is 0 Å². The number of likely N-dealkylation sites (tertiary alicyclic amines) is 1. The minimum atomic E-state index is 0.760. The lowest BCUT2D eigenvalue weighted by molar-refractivity contribution is 0.148. The van der Waals surface area contributed by atoms with Crippen molar-refractivity contribution in [3.8, 4) is 0 Å². The zero-order valence-electron chi connectivity index (χ0n) is 7.34. The van der Waals surface area contributed by atoms with Crippen molar-refractivity contribution in [3.63, 3.8) is 0 Å². The predicted octanol–water partition coefficient (Wildman–Crippen LogP) is 0.690. The van der Waals surface area contributed by atoms with Crippen LogP contribution >= 0.6 is 0 Å². The lowest BCUT2D eigenvalue weighted by Crippen LogP contribution is -2.42. The van der Waals surface area contributed by atoms with Crippen LogP contribution in [0, 0.1) is 5.92 Å². The van der Waals surface area contributed by atoms with Crippen molar-refractivity contribution in [2.75, 3.05) is 26.2 Å². The van der Waals surface area contributed by atoms with Crippen molar-refractivity contribution >= 4 is 0 Å². The van der Waals surface area contributed by atoms with E-state index in [9.17, 15) is 0 Å². The van der Waals surface area contributed by atoms with E-state index in [0.717, 1.165) is 12.0 Å². The smallest absolute Gasteiger partial charge is 0.00796 e. The average molecular weight is 154 g/mol. The van der Waals surface area contributed by atoms with Gasteiger partial charge in [0.15, 0.2) is 0 Å². The highest BCUT2D eigenvalue weighted by molar-refractivity contribution is 4.84. The average Bonchev–Trinajstić information content (AvgIpc) is 2.27. The standard InChI is InChI=1S/C9H18N2/c1-8-9(3-4-10-8)7-11-5-2-6-11/h8-10H,2-7H2,1H3. The van der Waals surface area contributed by atoms with E-state index in [0.29, 0.717) is 0 Å². The van der Waals surface area contributed by atoms with Crippen molar-refractivity contribution < 1.29 is 0 Å². The third-order valence-corrected chi connectivity index (χ3v) is 3.13. The molecule has 2 nitrogen and oxygen atoms in total. The molecular formula is C9H18N2. The van der Waals surface area contributed by atoms with Crippen molar-refractivity contribution in [2.24, 2.45) is 5.92 Å². The first-order chi connectivity index (χ1) is 5.36. The van der Waals surface area contributed by atoms with Crippen molar-refractivity contribution in [2.45, 2.75) is 25.8 Å².